The molecule has 0 saturated carbocycles. The molecule has 2 heterocycles. The van der Waals surface area contributed by atoms with Crippen LogP contribution in [0.5, 0.6) is 0 Å². The summed E-state index contributed by atoms with van der Waals surface area (Å²) in [6.45, 7) is 1.42. The second kappa shape index (κ2) is 6.93. The largest absolute Gasteiger partial charge is 0.347 e. The van der Waals surface area contributed by atoms with Crippen LogP contribution in [0.1, 0.15) is 10.5 Å². The Morgan fingerprint density at radius 3 is 2.50 bits per heavy atom. The molecule has 28 heavy (non-hydrogen) atoms. The predicted octanol–water partition coefficient (Wildman–Crippen LogP) is 2.01. The van der Waals surface area contributed by atoms with E-state index >= 15 is 0 Å². The Labute approximate surface area is 157 Å². The number of alkyl halides is 3. The number of nitrogens with one attached hydrogen (secondary N) is 1. The predicted molar refractivity (Wildman–Crippen MR) is 92.2 cm³/mol. The van der Waals surface area contributed by atoms with Crippen molar-refractivity contribution in [1.29, 1.82) is 0 Å². The number of rotatable bonds is 5. The second-order valence-corrected chi connectivity index (χ2v) is 7.66. The molecule has 2 aromatic rings. The van der Waals surface area contributed by atoms with E-state index in [-0.39, 0.29) is 11.5 Å². The maximum Gasteiger partial charge on any atom is 0.297 e. The van der Waals surface area contributed by atoms with Gasteiger partial charge in [-0.3, -0.25) is 4.79 Å². The highest BCUT2D eigenvalue weighted by Crippen LogP contribution is 2.34. The Morgan fingerprint density at radius 1 is 1.32 bits per heavy atom. The minimum atomic E-state index is -4.12. The summed E-state index contributed by atoms with van der Waals surface area (Å²) in [5.74, 6) is -5.38. The topological polar surface area (TPSA) is 84.3 Å². The lowest BCUT2D eigenvalue weighted by molar-refractivity contribution is -0.0349. The lowest BCUT2D eigenvalue weighted by atomic mass is 10.3. The highest BCUT2D eigenvalue weighted by molar-refractivity contribution is 7.92. The van der Waals surface area contributed by atoms with Crippen molar-refractivity contribution in [2.24, 2.45) is 0 Å². The Balaban J connectivity index is 2.04. The third kappa shape index (κ3) is 3.86. The van der Waals surface area contributed by atoms with Crippen LogP contribution >= 0.6 is 0 Å². The molecule has 0 aliphatic carbocycles. The number of nitrogens with zero attached hydrogens (tertiary/aromatic N) is 3. The third-order valence-corrected chi connectivity index (χ3v) is 4.92. The zero-order valence-electron chi connectivity index (χ0n) is 14.1. The number of sulfonamides is 1. The first-order chi connectivity index (χ1) is 13.0. The fourth-order valence-electron chi connectivity index (χ4n) is 2.62. The molecule has 7 nitrogen and oxygen atoms in total. The average molecular weight is 418 g/mol. The molecule has 150 valence electrons. The van der Waals surface area contributed by atoms with Crippen molar-refractivity contribution in [3.05, 3.63) is 53.8 Å². The highest BCUT2D eigenvalue weighted by Gasteiger charge is 2.49. The fourth-order valence-corrected chi connectivity index (χ4v) is 3.07. The molecule has 0 unspecified atom stereocenters. The van der Waals surface area contributed by atoms with Crippen LogP contribution in [0.4, 0.5) is 23.4 Å². The van der Waals surface area contributed by atoms with Crippen LogP contribution in [0, 0.1) is 5.82 Å². The Hall–Kier alpha value is -2.89. The standard InChI is InChI=1S/C16H14F4N4O3S/c1-2-28(26,27)22-15(25)12-7-14(23-8-13(18)16(19,20)9-23)24(21-12)11-5-3-10(17)4-6-11/h2-7,13H,1,8-9H2,(H,22,25)/t13-/m0/s1. The van der Waals surface area contributed by atoms with Crippen molar-refractivity contribution in [2.45, 2.75) is 12.1 Å². The van der Waals surface area contributed by atoms with Gasteiger partial charge in [-0.05, 0) is 24.3 Å². The van der Waals surface area contributed by atoms with Gasteiger partial charge in [-0.2, -0.15) is 5.10 Å². The number of amides is 1. The van der Waals surface area contributed by atoms with Crippen LogP contribution < -0.4 is 9.62 Å². The van der Waals surface area contributed by atoms with Crippen molar-refractivity contribution in [3.63, 3.8) is 0 Å². The van der Waals surface area contributed by atoms with Gasteiger partial charge < -0.3 is 4.90 Å². The smallest absolute Gasteiger partial charge is 0.297 e. The molecule has 1 saturated heterocycles. The summed E-state index contributed by atoms with van der Waals surface area (Å²) in [5.41, 5.74) is -0.219. The summed E-state index contributed by atoms with van der Waals surface area (Å²) >= 11 is 0. The first kappa shape index (κ1) is 19.9. The van der Waals surface area contributed by atoms with Crippen molar-refractivity contribution in [2.75, 3.05) is 18.0 Å². The van der Waals surface area contributed by atoms with Crippen LogP contribution in [0.15, 0.2) is 42.3 Å². The normalized spacial score (nSPS) is 18.9. The van der Waals surface area contributed by atoms with Crippen molar-refractivity contribution in [1.82, 2.24) is 14.5 Å². The van der Waals surface area contributed by atoms with Crippen molar-refractivity contribution in [3.8, 4) is 5.69 Å². The molecule has 0 bridgehead atoms. The Morgan fingerprint density at radius 2 is 1.96 bits per heavy atom. The lowest BCUT2D eigenvalue weighted by Gasteiger charge is -2.18. The fraction of sp³-hybridized carbons (Fsp3) is 0.250. The van der Waals surface area contributed by atoms with E-state index in [0.717, 1.165) is 27.8 Å². The molecule has 0 spiro atoms. The molecular weight excluding hydrogens is 404 g/mol. The number of anilines is 1. The van der Waals surface area contributed by atoms with E-state index in [0.29, 0.717) is 5.41 Å². The van der Waals surface area contributed by atoms with Gasteiger partial charge in [-0.15, -0.1) is 0 Å². The van der Waals surface area contributed by atoms with Crippen LogP contribution in [0.2, 0.25) is 0 Å². The first-order valence-electron chi connectivity index (χ1n) is 7.85. The van der Waals surface area contributed by atoms with Gasteiger partial charge in [-0.25, -0.2) is 35.4 Å². The van der Waals surface area contributed by atoms with Gasteiger partial charge in [0.1, 0.15) is 11.6 Å². The second-order valence-electron chi connectivity index (χ2n) is 6.03. The number of aromatic nitrogens is 2. The Bertz CT molecular complexity index is 1020. The number of carbonyl (C=O) groups is 1. The highest BCUT2D eigenvalue weighted by atomic mass is 32.2. The minimum absolute atomic E-state index is 0.0763. The molecule has 0 radical (unpaired) electrons. The molecule has 1 fully saturated rings. The summed E-state index contributed by atoms with van der Waals surface area (Å²) in [4.78, 5) is 13.1. The molecule has 1 aromatic carbocycles. The molecule has 1 N–H and O–H groups in total. The number of hydrogen-bond donors (Lipinski definition) is 1. The van der Waals surface area contributed by atoms with E-state index in [1.54, 1.807) is 4.72 Å². The van der Waals surface area contributed by atoms with Gasteiger partial charge >= 0.3 is 0 Å². The minimum Gasteiger partial charge on any atom is -0.347 e. The van der Waals surface area contributed by atoms with Crippen molar-refractivity contribution >= 4 is 21.7 Å². The van der Waals surface area contributed by atoms with E-state index < -0.39 is 52.6 Å². The summed E-state index contributed by atoms with van der Waals surface area (Å²) in [5, 5.41) is 4.43. The summed E-state index contributed by atoms with van der Waals surface area (Å²) < 4.78 is 79.7. The number of benzene rings is 1. The quantitative estimate of drug-likeness (QED) is 0.751. The number of hydrogen-bond acceptors (Lipinski definition) is 5. The van der Waals surface area contributed by atoms with Crippen LogP contribution in [0.25, 0.3) is 5.69 Å². The lowest BCUT2D eigenvalue weighted by Crippen LogP contribution is -2.29. The van der Waals surface area contributed by atoms with Crippen LogP contribution in [-0.2, 0) is 10.0 Å². The molecule has 3 rings (SSSR count). The van der Waals surface area contributed by atoms with E-state index in [9.17, 15) is 30.8 Å². The molecule has 1 aromatic heterocycles. The summed E-state index contributed by atoms with van der Waals surface area (Å²) in [6.07, 6.45) is -2.43. The molecule has 1 aliphatic rings. The average Bonchev–Trinajstić information content (AvgIpc) is 3.17. The van der Waals surface area contributed by atoms with Gasteiger partial charge in [0.25, 0.3) is 21.9 Å². The van der Waals surface area contributed by atoms with E-state index in [1.807, 2.05) is 0 Å². The molecule has 1 amide bonds. The zero-order chi connectivity index (χ0) is 20.7. The van der Waals surface area contributed by atoms with Crippen molar-refractivity contribution < 1.29 is 30.8 Å². The summed E-state index contributed by atoms with van der Waals surface area (Å²) in [6, 6.07) is 5.76. The van der Waals surface area contributed by atoms with Crippen LogP contribution in [-0.4, -0.2) is 49.3 Å². The van der Waals surface area contributed by atoms with Crippen LogP contribution in [0.3, 0.4) is 0 Å². The van der Waals surface area contributed by atoms with Gasteiger partial charge in [0.2, 0.25) is 0 Å². The molecule has 12 heteroatoms. The zero-order valence-corrected chi connectivity index (χ0v) is 15.0. The van der Waals surface area contributed by atoms with E-state index in [1.165, 1.54) is 12.1 Å². The van der Waals surface area contributed by atoms with E-state index in [4.69, 9.17) is 0 Å². The Kier molecular flexibility index (Phi) is 4.91. The SMILES string of the molecule is C=CS(=O)(=O)NC(=O)c1cc(N2C[C@H](F)C(F)(F)C2)n(-c2ccc(F)cc2)n1. The first-order valence-corrected chi connectivity index (χ1v) is 9.39. The van der Waals surface area contributed by atoms with Gasteiger partial charge in [0.15, 0.2) is 11.9 Å². The maximum atomic E-state index is 13.6. The van der Waals surface area contributed by atoms with Gasteiger partial charge in [0.05, 0.1) is 18.8 Å². The monoisotopic (exact) mass is 418 g/mol. The molecule has 1 aliphatic heterocycles. The number of halogens is 4. The maximum absolute atomic E-state index is 13.6. The van der Waals surface area contributed by atoms with E-state index in [2.05, 4.69) is 11.7 Å². The third-order valence-electron chi connectivity index (χ3n) is 4.01. The van der Waals surface area contributed by atoms with Gasteiger partial charge in [0, 0.05) is 11.5 Å². The molecular formula is C16H14F4N4O3S. The van der Waals surface area contributed by atoms with Gasteiger partial charge in [-0.1, -0.05) is 6.58 Å². The number of carbonyl (C=O) groups excluding carboxylic acids is 1. The molecule has 1 atom stereocenters. The summed E-state index contributed by atoms with van der Waals surface area (Å²) in [7, 11) is -4.12.